The van der Waals surface area contributed by atoms with Crippen molar-refractivity contribution in [3.05, 3.63) is 0 Å². The van der Waals surface area contributed by atoms with Crippen LogP contribution in [0.2, 0.25) is 0 Å². The van der Waals surface area contributed by atoms with Crippen LogP contribution in [0, 0.1) is 5.92 Å². The Bertz CT molecular complexity index is 360. The number of amides is 2. The Hall–Kier alpha value is -1.30. The van der Waals surface area contributed by atoms with Crippen LogP contribution in [0.4, 0.5) is 4.79 Å². The van der Waals surface area contributed by atoms with Crippen LogP contribution in [0.3, 0.4) is 0 Å². The van der Waals surface area contributed by atoms with E-state index in [-0.39, 0.29) is 6.03 Å². The highest BCUT2D eigenvalue weighted by Gasteiger charge is 2.43. The lowest BCUT2D eigenvalue weighted by Crippen LogP contribution is -2.54. The van der Waals surface area contributed by atoms with Gasteiger partial charge in [0.05, 0.1) is 0 Å². The lowest BCUT2D eigenvalue weighted by Gasteiger charge is -2.39. The van der Waals surface area contributed by atoms with Gasteiger partial charge in [-0.1, -0.05) is 0 Å². The zero-order valence-corrected chi connectivity index (χ0v) is 11.6. The number of urea groups is 1. The number of likely N-dealkylation sites (tertiary alicyclic amines) is 1. The maximum Gasteiger partial charge on any atom is 0.336 e. The van der Waals surface area contributed by atoms with Crippen molar-refractivity contribution in [2.75, 3.05) is 33.8 Å². The number of methoxy groups -OCH3 is 1. The molecule has 0 aromatic heterocycles. The van der Waals surface area contributed by atoms with Gasteiger partial charge in [0.25, 0.3) is 0 Å². The molecule has 0 aromatic rings. The Morgan fingerprint density at radius 1 is 1.37 bits per heavy atom. The predicted octanol–water partition coefficient (Wildman–Crippen LogP) is 1.01. The van der Waals surface area contributed by atoms with Gasteiger partial charge in [0.2, 0.25) is 0 Å². The van der Waals surface area contributed by atoms with E-state index in [9.17, 15) is 14.7 Å². The molecule has 6 nitrogen and oxygen atoms in total. The molecule has 2 rings (SSSR count). The fourth-order valence-corrected chi connectivity index (χ4v) is 2.57. The predicted molar refractivity (Wildman–Crippen MR) is 68.9 cm³/mol. The van der Waals surface area contributed by atoms with Crippen molar-refractivity contribution in [2.24, 2.45) is 5.92 Å². The number of carbonyl (C=O) groups excluding carboxylic acids is 1. The third-order valence-electron chi connectivity index (χ3n) is 4.18. The van der Waals surface area contributed by atoms with Gasteiger partial charge in [0, 0.05) is 46.6 Å². The molecular weight excluding hydrogens is 248 g/mol. The van der Waals surface area contributed by atoms with E-state index in [0.29, 0.717) is 31.8 Å². The second-order valence-electron chi connectivity index (χ2n) is 5.60. The van der Waals surface area contributed by atoms with Crippen LogP contribution in [-0.4, -0.2) is 66.3 Å². The minimum absolute atomic E-state index is 0.00184. The van der Waals surface area contributed by atoms with Crippen LogP contribution >= 0.6 is 0 Å². The lowest BCUT2D eigenvalue weighted by atomic mass is 9.91. The van der Waals surface area contributed by atoms with Crippen LogP contribution < -0.4 is 0 Å². The number of rotatable bonds is 4. The van der Waals surface area contributed by atoms with Crippen molar-refractivity contribution >= 4 is 12.0 Å². The van der Waals surface area contributed by atoms with Crippen molar-refractivity contribution in [2.45, 2.75) is 31.3 Å². The zero-order chi connectivity index (χ0) is 14.0. The van der Waals surface area contributed by atoms with Crippen LogP contribution in [0.15, 0.2) is 0 Å². The Morgan fingerprint density at radius 3 is 2.37 bits per heavy atom. The summed E-state index contributed by atoms with van der Waals surface area (Å²) in [5, 5.41) is 9.21. The topological polar surface area (TPSA) is 70.1 Å². The van der Waals surface area contributed by atoms with Crippen LogP contribution in [0.25, 0.3) is 0 Å². The first-order valence-corrected chi connectivity index (χ1v) is 6.77. The summed E-state index contributed by atoms with van der Waals surface area (Å²) in [6.07, 6.45) is 3.12. The van der Waals surface area contributed by atoms with Crippen LogP contribution in [-0.2, 0) is 9.53 Å². The second kappa shape index (κ2) is 5.36. The van der Waals surface area contributed by atoms with Gasteiger partial charge >= 0.3 is 12.0 Å². The summed E-state index contributed by atoms with van der Waals surface area (Å²) in [7, 11) is 3.24. The highest BCUT2D eigenvalue weighted by molar-refractivity contribution is 5.79. The number of ether oxygens (including phenoxy) is 1. The van der Waals surface area contributed by atoms with Gasteiger partial charge in [-0.25, -0.2) is 9.59 Å². The summed E-state index contributed by atoms with van der Waals surface area (Å²) in [6.45, 7) is 1.69. The van der Waals surface area contributed by atoms with E-state index < -0.39 is 11.6 Å². The SMILES string of the molecule is COC1(C(=O)O)CCN(C(=O)N(C)CC2CC2)CC1. The minimum Gasteiger partial charge on any atom is -0.479 e. The summed E-state index contributed by atoms with van der Waals surface area (Å²) >= 11 is 0. The molecule has 1 aliphatic carbocycles. The third kappa shape index (κ3) is 3.00. The van der Waals surface area contributed by atoms with Gasteiger partial charge in [0.1, 0.15) is 0 Å². The molecule has 19 heavy (non-hydrogen) atoms. The van der Waals surface area contributed by atoms with E-state index in [1.807, 2.05) is 7.05 Å². The van der Waals surface area contributed by atoms with Gasteiger partial charge in [-0.05, 0) is 18.8 Å². The number of aliphatic carboxylic acids is 1. The average molecular weight is 270 g/mol. The minimum atomic E-state index is -1.12. The van der Waals surface area contributed by atoms with Crippen LogP contribution in [0.5, 0.6) is 0 Å². The van der Waals surface area contributed by atoms with E-state index in [0.717, 1.165) is 6.54 Å². The first kappa shape index (κ1) is 14.1. The first-order chi connectivity index (χ1) is 8.98. The van der Waals surface area contributed by atoms with E-state index >= 15 is 0 Å². The van der Waals surface area contributed by atoms with E-state index in [2.05, 4.69) is 0 Å². The molecule has 0 spiro atoms. The summed E-state index contributed by atoms with van der Waals surface area (Å²) in [4.78, 5) is 26.9. The quantitative estimate of drug-likeness (QED) is 0.828. The zero-order valence-electron chi connectivity index (χ0n) is 11.6. The fourth-order valence-electron chi connectivity index (χ4n) is 2.57. The molecule has 0 radical (unpaired) electrons. The normalized spacial score (nSPS) is 22.1. The molecule has 6 heteroatoms. The van der Waals surface area contributed by atoms with E-state index in [1.165, 1.54) is 20.0 Å². The molecule has 1 saturated heterocycles. The molecule has 108 valence electrons. The van der Waals surface area contributed by atoms with Crippen molar-refractivity contribution in [3.63, 3.8) is 0 Å². The summed E-state index contributed by atoms with van der Waals surface area (Å²) in [5.74, 6) is -0.274. The number of carboxylic acids is 1. The van der Waals surface area contributed by atoms with Gasteiger partial charge in [-0.3, -0.25) is 0 Å². The Balaban J connectivity index is 1.87. The first-order valence-electron chi connectivity index (χ1n) is 6.77. The number of hydrogen-bond acceptors (Lipinski definition) is 3. The van der Waals surface area contributed by atoms with Gasteiger partial charge in [-0.2, -0.15) is 0 Å². The van der Waals surface area contributed by atoms with Gasteiger partial charge < -0.3 is 19.6 Å². The fraction of sp³-hybridized carbons (Fsp3) is 0.846. The molecular formula is C13H22N2O4. The Morgan fingerprint density at radius 2 is 1.95 bits per heavy atom. The molecule has 1 saturated carbocycles. The third-order valence-corrected chi connectivity index (χ3v) is 4.18. The number of nitrogens with zero attached hydrogens (tertiary/aromatic N) is 2. The molecule has 2 fully saturated rings. The molecule has 2 aliphatic rings. The van der Waals surface area contributed by atoms with Gasteiger partial charge in [-0.15, -0.1) is 0 Å². The van der Waals surface area contributed by atoms with Gasteiger partial charge in [0.15, 0.2) is 5.60 Å². The maximum absolute atomic E-state index is 12.2. The molecule has 0 atom stereocenters. The molecule has 0 unspecified atom stereocenters. The number of carboxylic acid groups (broad SMARTS) is 1. The smallest absolute Gasteiger partial charge is 0.336 e. The average Bonchev–Trinajstić information content (AvgIpc) is 3.21. The molecule has 2 amide bonds. The maximum atomic E-state index is 12.2. The van der Waals surface area contributed by atoms with Crippen LogP contribution in [0.1, 0.15) is 25.7 Å². The van der Waals surface area contributed by atoms with Crippen molar-refractivity contribution < 1.29 is 19.4 Å². The molecule has 1 N–H and O–H groups in total. The lowest BCUT2D eigenvalue weighted by molar-refractivity contribution is -0.167. The highest BCUT2D eigenvalue weighted by atomic mass is 16.5. The largest absolute Gasteiger partial charge is 0.479 e. The second-order valence-corrected chi connectivity index (χ2v) is 5.60. The summed E-state index contributed by atoms with van der Waals surface area (Å²) in [6, 6.07) is 0.00184. The van der Waals surface area contributed by atoms with E-state index in [4.69, 9.17) is 4.74 Å². The number of hydrogen-bond donors (Lipinski definition) is 1. The molecule has 1 heterocycles. The van der Waals surface area contributed by atoms with Crippen molar-refractivity contribution in [1.82, 2.24) is 9.80 Å². The summed E-state index contributed by atoms with van der Waals surface area (Å²) in [5.41, 5.74) is -1.12. The Kier molecular flexibility index (Phi) is 3.99. The molecule has 1 aliphatic heterocycles. The van der Waals surface area contributed by atoms with Crippen molar-refractivity contribution in [3.8, 4) is 0 Å². The Labute approximate surface area is 113 Å². The summed E-state index contributed by atoms with van der Waals surface area (Å²) < 4.78 is 5.15. The molecule has 0 bridgehead atoms. The standard InChI is InChI=1S/C13H22N2O4/c1-14(9-10-3-4-10)12(18)15-7-5-13(19-2,6-8-15)11(16)17/h10H,3-9H2,1-2H3,(H,16,17). The molecule has 0 aromatic carbocycles. The van der Waals surface area contributed by atoms with Crippen molar-refractivity contribution in [1.29, 1.82) is 0 Å². The number of piperidine rings is 1. The van der Waals surface area contributed by atoms with E-state index in [1.54, 1.807) is 9.80 Å². The highest BCUT2D eigenvalue weighted by Crippen LogP contribution is 2.30. The number of carbonyl (C=O) groups is 2. The monoisotopic (exact) mass is 270 g/mol.